The molecule has 3 unspecified atom stereocenters. The SMILES string of the molecule is CCOC1CC(N)(C(=O)N2CCC(NC(C)=O)C2)C1(C)C. The lowest BCUT2D eigenvalue weighted by Gasteiger charge is -2.58. The van der Waals surface area contributed by atoms with Gasteiger partial charge in [-0.1, -0.05) is 13.8 Å². The van der Waals surface area contributed by atoms with E-state index in [2.05, 4.69) is 5.32 Å². The number of hydrogen-bond donors (Lipinski definition) is 2. The molecule has 1 aliphatic heterocycles. The van der Waals surface area contributed by atoms with E-state index >= 15 is 0 Å². The standard InChI is InChI=1S/C15H27N3O3/c1-5-21-12-8-15(16,14(12,3)4)13(20)18-7-6-11(9-18)17-10(2)19/h11-12H,5-9,16H2,1-4H3,(H,17,19). The molecule has 6 nitrogen and oxygen atoms in total. The molecule has 21 heavy (non-hydrogen) atoms. The second-order valence-electron chi connectivity index (χ2n) is 6.78. The van der Waals surface area contributed by atoms with E-state index in [1.807, 2.05) is 20.8 Å². The topological polar surface area (TPSA) is 84.7 Å². The van der Waals surface area contributed by atoms with Gasteiger partial charge in [-0.25, -0.2) is 0 Å². The number of amides is 2. The van der Waals surface area contributed by atoms with Crippen molar-refractivity contribution in [2.24, 2.45) is 11.1 Å². The van der Waals surface area contributed by atoms with Crippen LogP contribution in [0.5, 0.6) is 0 Å². The lowest BCUT2D eigenvalue weighted by atomic mass is 9.54. The maximum absolute atomic E-state index is 12.8. The summed E-state index contributed by atoms with van der Waals surface area (Å²) in [4.78, 5) is 25.7. The Morgan fingerprint density at radius 2 is 2.10 bits per heavy atom. The summed E-state index contributed by atoms with van der Waals surface area (Å²) in [5.41, 5.74) is 5.18. The van der Waals surface area contributed by atoms with Gasteiger partial charge < -0.3 is 20.7 Å². The van der Waals surface area contributed by atoms with Gasteiger partial charge in [0.1, 0.15) is 5.54 Å². The number of ether oxygens (including phenoxy) is 1. The van der Waals surface area contributed by atoms with Crippen molar-refractivity contribution >= 4 is 11.8 Å². The van der Waals surface area contributed by atoms with E-state index in [1.54, 1.807) is 4.90 Å². The lowest BCUT2D eigenvalue weighted by Crippen LogP contribution is -2.76. The number of carbonyl (C=O) groups excluding carboxylic acids is 2. The molecule has 0 aromatic rings. The van der Waals surface area contributed by atoms with Gasteiger partial charge in [0.25, 0.3) is 0 Å². The monoisotopic (exact) mass is 297 g/mol. The van der Waals surface area contributed by atoms with Crippen molar-refractivity contribution in [1.82, 2.24) is 10.2 Å². The molecule has 2 rings (SSSR count). The molecule has 2 aliphatic rings. The predicted molar refractivity (Wildman–Crippen MR) is 79.5 cm³/mol. The van der Waals surface area contributed by atoms with Crippen LogP contribution in [0.1, 0.15) is 40.5 Å². The molecule has 6 heteroatoms. The van der Waals surface area contributed by atoms with Crippen molar-refractivity contribution < 1.29 is 14.3 Å². The lowest BCUT2D eigenvalue weighted by molar-refractivity contribution is -0.178. The molecule has 0 spiro atoms. The van der Waals surface area contributed by atoms with Crippen LogP contribution in [0.25, 0.3) is 0 Å². The van der Waals surface area contributed by atoms with E-state index in [1.165, 1.54) is 6.92 Å². The first-order valence-corrected chi connectivity index (χ1v) is 7.69. The van der Waals surface area contributed by atoms with Crippen LogP contribution in [0.2, 0.25) is 0 Å². The fraction of sp³-hybridized carbons (Fsp3) is 0.867. The number of rotatable bonds is 4. The number of nitrogens with zero attached hydrogens (tertiary/aromatic N) is 1. The van der Waals surface area contributed by atoms with Gasteiger partial charge in [-0.15, -0.1) is 0 Å². The largest absolute Gasteiger partial charge is 0.378 e. The molecule has 0 radical (unpaired) electrons. The molecule has 1 heterocycles. The molecule has 1 saturated carbocycles. The normalized spacial score (nSPS) is 34.4. The zero-order valence-corrected chi connectivity index (χ0v) is 13.4. The van der Waals surface area contributed by atoms with Crippen LogP contribution in [0, 0.1) is 5.41 Å². The van der Waals surface area contributed by atoms with Crippen LogP contribution in [-0.2, 0) is 14.3 Å². The minimum atomic E-state index is -0.863. The fourth-order valence-electron chi connectivity index (χ4n) is 3.43. The number of carbonyl (C=O) groups is 2. The average Bonchev–Trinajstić information content (AvgIpc) is 2.84. The molecule has 0 aromatic heterocycles. The highest BCUT2D eigenvalue weighted by Crippen LogP contribution is 2.50. The second-order valence-corrected chi connectivity index (χ2v) is 6.78. The van der Waals surface area contributed by atoms with Gasteiger partial charge in [0.2, 0.25) is 11.8 Å². The molecule has 120 valence electrons. The van der Waals surface area contributed by atoms with Crippen LogP contribution in [-0.4, -0.2) is 54.1 Å². The highest BCUT2D eigenvalue weighted by atomic mass is 16.5. The van der Waals surface area contributed by atoms with Crippen molar-refractivity contribution in [2.45, 2.75) is 58.2 Å². The summed E-state index contributed by atoms with van der Waals surface area (Å²) in [6.07, 6.45) is 1.38. The Morgan fingerprint density at radius 1 is 1.43 bits per heavy atom. The smallest absolute Gasteiger partial charge is 0.243 e. The Hall–Kier alpha value is -1.14. The molecule has 1 saturated heterocycles. The Labute approximate surface area is 126 Å². The average molecular weight is 297 g/mol. The minimum absolute atomic E-state index is 0.0173. The van der Waals surface area contributed by atoms with Crippen LogP contribution in [0.3, 0.4) is 0 Å². The fourth-order valence-corrected chi connectivity index (χ4v) is 3.43. The molecule has 0 bridgehead atoms. The first kappa shape index (κ1) is 16.2. The maximum Gasteiger partial charge on any atom is 0.243 e. The maximum atomic E-state index is 12.8. The number of hydrogen-bond acceptors (Lipinski definition) is 4. The van der Waals surface area contributed by atoms with Crippen molar-refractivity contribution in [1.29, 1.82) is 0 Å². The van der Waals surface area contributed by atoms with E-state index in [9.17, 15) is 9.59 Å². The molecular weight excluding hydrogens is 270 g/mol. The molecule has 0 aromatic carbocycles. The minimum Gasteiger partial charge on any atom is -0.378 e. The van der Waals surface area contributed by atoms with Crippen LogP contribution >= 0.6 is 0 Å². The van der Waals surface area contributed by atoms with Crippen molar-refractivity contribution in [2.75, 3.05) is 19.7 Å². The highest BCUT2D eigenvalue weighted by Gasteiger charge is 2.64. The molecule has 2 amide bonds. The summed E-state index contributed by atoms with van der Waals surface area (Å²) in [5.74, 6) is -0.0755. The molecule has 3 N–H and O–H groups in total. The zero-order chi connectivity index (χ0) is 15.8. The quantitative estimate of drug-likeness (QED) is 0.779. The summed E-state index contributed by atoms with van der Waals surface area (Å²) in [6, 6.07) is 0.0425. The van der Waals surface area contributed by atoms with E-state index in [0.29, 0.717) is 26.1 Å². The van der Waals surface area contributed by atoms with Gasteiger partial charge in [0.05, 0.1) is 6.10 Å². The van der Waals surface area contributed by atoms with Gasteiger partial charge in [0, 0.05) is 44.5 Å². The van der Waals surface area contributed by atoms with Crippen molar-refractivity contribution in [3.63, 3.8) is 0 Å². The molecular formula is C15H27N3O3. The number of likely N-dealkylation sites (tertiary alicyclic amines) is 1. The third-order valence-electron chi connectivity index (χ3n) is 5.09. The summed E-state index contributed by atoms with van der Waals surface area (Å²) in [5, 5.41) is 2.87. The van der Waals surface area contributed by atoms with Gasteiger partial charge in [-0.2, -0.15) is 0 Å². The van der Waals surface area contributed by atoms with Gasteiger partial charge in [0.15, 0.2) is 0 Å². The van der Waals surface area contributed by atoms with E-state index in [4.69, 9.17) is 10.5 Å². The van der Waals surface area contributed by atoms with Crippen LogP contribution in [0.15, 0.2) is 0 Å². The van der Waals surface area contributed by atoms with Crippen molar-refractivity contribution in [3.8, 4) is 0 Å². The van der Waals surface area contributed by atoms with Gasteiger partial charge in [-0.05, 0) is 13.3 Å². The van der Waals surface area contributed by atoms with Gasteiger partial charge >= 0.3 is 0 Å². The molecule has 1 aliphatic carbocycles. The summed E-state index contributed by atoms with van der Waals surface area (Å²) in [7, 11) is 0. The Kier molecular flexibility index (Phi) is 4.31. The Balaban J connectivity index is 2.00. The molecule has 3 atom stereocenters. The predicted octanol–water partition coefficient (Wildman–Crippen LogP) is 0.256. The summed E-state index contributed by atoms with van der Waals surface area (Å²) < 4.78 is 5.67. The third kappa shape index (κ3) is 2.66. The van der Waals surface area contributed by atoms with Gasteiger partial charge in [-0.3, -0.25) is 9.59 Å². The summed E-state index contributed by atoms with van der Waals surface area (Å²) >= 11 is 0. The highest BCUT2D eigenvalue weighted by molar-refractivity contribution is 5.89. The molecule has 2 fully saturated rings. The summed E-state index contributed by atoms with van der Waals surface area (Å²) in [6.45, 7) is 9.27. The second kappa shape index (κ2) is 5.57. The Bertz CT molecular complexity index is 438. The van der Waals surface area contributed by atoms with Crippen LogP contribution in [0.4, 0.5) is 0 Å². The Morgan fingerprint density at radius 3 is 2.62 bits per heavy atom. The van der Waals surface area contributed by atoms with E-state index < -0.39 is 5.54 Å². The van der Waals surface area contributed by atoms with E-state index in [0.717, 1.165) is 6.42 Å². The number of nitrogens with one attached hydrogen (secondary N) is 1. The van der Waals surface area contributed by atoms with Crippen molar-refractivity contribution in [3.05, 3.63) is 0 Å². The zero-order valence-electron chi connectivity index (χ0n) is 13.4. The van der Waals surface area contributed by atoms with Crippen LogP contribution < -0.4 is 11.1 Å². The number of nitrogens with two attached hydrogens (primary N) is 1. The first-order valence-electron chi connectivity index (χ1n) is 7.69. The third-order valence-corrected chi connectivity index (χ3v) is 5.09. The van der Waals surface area contributed by atoms with E-state index in [-0.39, 0.29) is 29.4 Å². The first-order chi connectivity index (χ1) is 9.72.